The number of ether oxygens (including phenoxy) is 2. The van der Waals surface area contributed by atoms with Crippen molar-refractivity contribution in [1.29, 1.82) is 0 Å². The summed E-state index contributed by atoms with van der Waals surface area (Å²) in [4.78, 5) is 13.5. The fourth-order valence-electron chi connectivity index (χ4n) is 1.93. The number of carbonyl (C=O) groups is 1. The number of amides is 1. The van der Waals surface area contributed by atoms with Crippen LogP contribution in [0.1, 0.15) is 45.4 Å². The Bertz CT molecular complexity index is 503. The van der Waals surface area contributed by atoms with E-state index in [0.717, 1.165) is 0 Å². The lowest BCUT2D eigenvalue weighted by Crippen LogP contribution is -2.50. The summed E-state index contributed by atoms with van der Waals surface area (Å²) >= 11 is 0. The second kappa shape index (κ2) is 6.62. The Kier molecular flexibility index (Phi) is 5.02. The van der Waals surface area contributed by atoms with Crippen molar-refractivity contribution in [3.63, 3.8) is 0 Å². The van der Waals surface area contributed by atoms with Gasteiger partial charge in [0.25, 0.3) is 0 Å². The van der Waals surface area contributed by atoms with Gasteiger partial charge in [0.1, 0.15) is 12.2 Å². The number of aromatic nitrogens is 2. The second-order valence-corrected chi connectivity index (χ2v) is 6.61. The summed E-state index contributed by atoms with van der Waals surface area (Å²) in [5.74, 6) is 1.01. The van der Waals surface area contributed by atoms with Crippen molar-refractivity contribution >= 4 is 6.09 Å². The van der Waals surface area contributed by atoms with Gasteiger partial charge in [-0.15, -0.1) is 10.2 Å². The van der Waals surface area contributed by atoms with Gasteiger partial charge in [0, 0.05) is 19.1 Å². The molecule has 2 rings (SSSR count). The normalized spacial score (nSPS) is 17.2. The first-order valence-corrected chi connectivity index (χ1v) is 7.38. The largest absolute Gasteiger partial charge is 0.444 e. The molecular formula is C14H24N4O4. The first kappa shape index (κ1) is 16.7. The van der Waals surface area contributed by atoms with Crippen LogP contribution in [0.25, 0.3) is 0 Å². The van der Waals surface area contributed by atoms with Crippen molar-refractivity contribution in [2.45, 2.75) is 51.9 Å². The van der Waals surface area contributed by atoms with Crippen molar-refractivity contribution in [3.05, 3.63) is 11.8 Å². The van der Waals surface area contributed by atoms with Crippen molar-refractivity contribution in [1.82, 2.24) is 15.1 Å². The SMILES string of the molecule is CC(N)COCc1nnc(C2CN(C(=O)OC(C)(C)C)C2)o1. The van der Waals surface area contributed by atoms with Crippen LogP contribution < -0.4 is 5.73 Å². The summed E-state index contributed by atoms with van der Waals surface area (Å²) in [7, 11) is 0. The van der Waals surface area contributed by atoms with Crippen LogP contribution in [-0.2, 0) is 16.1 Å². The number of likely N-dealkylation sites (tertiary alicyclic amines) is 1. The minimum atomic E-state index is -0.489. The summed E-state index contributed by atoms with van der Waals surface area (Å²) in [6.45, 7) is 9.12. The highest BCUT2D eigenvalue weighted by Gasteiger charge is 2.37. The zero-order valence-electron chi connectivity index (χ0n) is 13.5. The van der Waals surface area contributed by atoms with E-state index in [1.54, 1.807) is 4.90 Å². The minimum Gasteiger partial charge on any atom is -0.444 e. The molecule has 0 bridgehead atoms. The first-order valence-electron chi connectivity index (χ1n) is 7.38. The maximum atomic E-state index is 11.8. The first-order chi connectivity index (χ1) is 10.2. The van der Waals surface area contributed by atoms with Gasteiger partial charge in [-0.05, 0) is 27.7 Å². The number of rotatable bonds is 5. The van der Waals surface area contributed by atoms with Gasteiger partial charge in [-0.3, -0.25) is 0 Å². The molecule has 22 heavy (non-hydrogen) atoms. The second-order valence-electron chi connectivity index (χ2n) is 6.61. The zero-order valence-corrected chi connectivity index (χ0v) is 13.5. The summed E-state index contributed by atoms with van der Waals surface area (Å²) in [5, 5.41) is 7.93. The highest BCUT2D eigenvalue weighted by molar-refractivity contribution is 5.69. The zero-order chi connectivity index (χ0) is 16.3. The summed E-state index contributed by atoms with van der Waals surface area (Å²) < 4.78 is 16.2. The van der Waals surface area contributed by atoms with Crippen molar-refractivity contribution in [2.24, 2.45) is 5.73 Å². The lowest BCUT2D eigenvalue weighted by molar-refractivity contribution is 0.00572. The van der Waals surface area contributed by atoms with Crippen LogP contribution in [0.5, 0.6) is 0 Å². The molecule has 0 saturated carbocycles. The van der Waals surface area contributed by atoms with Crippen molar-refractivity contribution < 1.29 is 18.7 Å². The quantitative estimate of drug-likeness (QED) is 0.873. The van der Waals surface area contributed by atoms with Gasteiger partial charge in [-0.2, -0.15) is 0 Å². The number of carbonyl (C=O) groups excluding carboxylic acids is 1. The molecule has 1 amide bonds. The average molecular weight is 312 g/mol. The highest BCUT2D eigenvalue weighted by atomic mass is 16.6. The van der Waals surface area contributed by atoms with Gasteiger partial charge in [0.15, 0.2) is 0 Å². The molecule has 2 heterocycles. The number of nitrogens with zero attached hydrogens (tertiary/aromatic N) is 3. The van der Waals surface area contributed by atoms with E-state index in [9.17, 15) is 4.79 Å². The van der Waals surface area contributed by atoms with Crippen LogP contribution in [0.15, 0.2) is 4.42 Å². The lowest BCUT2D eigenvalue weighted by atomic mass is 10.0. The molecule has 0 spiro atoms. The van der Waals surface area contributed by atoms with E-state index >= 15 is 0 Å². The van der Waals surface area contributed by atoms with Gasteiger partial charge in [0.05, 0.1) is 12.5 Å². The fourth-order valence-corrected chi connectivity index (χ4v) is 1.93. The molecule has 124 valence electrons. The maximum absolute atomic E-state index is 11.8. The molecule has 1 aromatic heterocycles. The van der Waals surface area contributed by atoms with Gasteiger partial charge in [-0.25, -0.2) is 4.79 Å². The van der Waals surface area contributed by atoms with Crippen molar-refractivity contribution in [2.75, 3.05) is 19.7 Å². The number of nitrogens with two attached hydrogens (primary N) is 1. The third-order valence-electron chi connectivity index (χ3n) is 2.97. The van der Waals surface area contributed by atoms with Crippen LogP contribution in [0.2, 0.25) is 0 Å². The van der Waals surface area contributed by atoms with Crippen LogP contribution >= 0.6 is 0 Å². The Balaban J connectivity index is 1.76. The average Bonchev–Trinajstić information content (AvgIpc) is 2.72. The number of hydrogen-bond donors (Lipinski definition) is 1. The molecule has 1 fully saturated rings. The van der Waals surface area contributed by atoms with Gasteiger partial charge in [-0.1, -0.05) is 0 Å². The molecule has 1 saturated heterocycles. The lowest BCUT2D eigenvalue weighted by Gasteiger charge is -2.37. The smallest absolute Gasteiger partial charge is 0.410 e. The minimum absolute atomic E-state index is 0.0311. The molecule has 1 aromatic rings. The van der Waals surface area contributed by atoms with Gasteiger partial charge in [0.2, 0.25) is 11.8 Å². The van der Waals surface area contributed by atoms with E-state index in [1.807, 2.05) is 27.7 Å². The molecule has 2 N–H and O–H groups in total. The molecule has 1 unspecified atom stereocenters. The molecule has 0 aliphatic carbocycles. The Morgan fingerprint density at radius 3 is 2.73 bits per heavy atom. The van der Waals surface area contributed by atoms with Gasteiger partial charge < -0.3 is 24.5 Å². The predicted octanol–water partition coefficient (Wildman–Crippen LogP) is 1.27. The molecule has 1 aliphatic rings. The van der Waals surface area contributed by atoms with E-state index in [-0.39, 0.29) is 24.7 Å². The summed E-state index contributed by atoms with van der Waals surface area (Å²) in [6.07, 6.45) is -0.316. The van der Waals surface area contributed by atoms with Crippen molar-refractivity contribution in [3.8, 4) is 0 Å². The Hall–Kier alpha value is -1.67. The standard InChI is InChI=1S/C14H24N4O4/c1-9(15)7-20-8-11-16-17-12(21-11)10-5-18(6-10)13(19)22-14(2,3)4/h9-10H,5-8,15H2,1-4H3. The molecule has 0 aromatic carbocycles. The van der Waals surface area contributed by atoms with Crippen LogP contribution in [-0.4, -0.2) is 52.5 Å². The molecular weight excluding hydrogens is 288 g/mol. The van der Waals surface area contributed by atoms with E-state index < -0.39 is 5.60 Å². The topological polar surface area (TPSA) is 104 Å². The van der Waals surface area contributed by atoms with E-state index in [2.05, 4.69) is 10.2 Å². The number of hydrogen-bond acceptors (Lipinski definition) is 7. The third kappa shape index (κ3) is 4.67. The summed E-state index contributed by atoms with van der Waals surface area (Å²) in [6, 6.07) is -0.0311. The Morgan fingerprint density at radius 1 is 1.45 bits per heavy atom. The third-order valence-corrected chi connectivity index (χ3v) is 2.97. The molecule has 1 atom stereocenters. The Labute approximate surface area is 129 Å². The molecule has 1 aliphatic heterocycles. The van der Waals surface area contributed by atoms with Crippen LogP contribution in [0.3, 0.4) is 0 Å². The Morgan fingerprint density at radius 2 is 2.14 bits per heavy atom. The predicted molar refractivity (Wildman–Crippen MR) is 78.2 cm³/mol. The maximum Gasteiger partial charge on any atom is 0.410 e. The molecule has 8 nitrogen and oxygen atoms in total. The van der Waals surface area contributed by atoms with Gasteiger partial charge >= 0.3 is 6.09 Å². The van der Waals surface area contributed by atoms with Crippen LogP contribution in [0, 0.1) is 0 Å². The van der Waals surface area contributed by atoms with E-state index in [0.29, 0.717) is 31.5 Å². The fraction of sp³-hybridized carbons (Fsp3) is 0.786. The summed E-state index contributed by atoms with van der Waals surface area (Å²) in [5.41, 5.74) is 5.10. The highest BCUT2D eigenvalue weighted by Crippen LogP contribution is 2.27. The molecule has 0 radical (unpaired) electrons. The monoisotopic (exact) mass is 312 g/mol. The van der Waals surface area contributed by atoms with Crippen LogP contribution in [0.4, 0.5) is 4.79 Å². The molecule has 8 heteroatoms. The van der Waals surface area contributed by atoms with E-state index in [4.69, 9.17) is 19.6 Å². The van der Waals surface area contributed by atoms with E-state index in [1.165, 1.54) is 0 Å².